The standard InChI is InChI=1S/C14H10BrN3O/c15-14-18-17-13(19-14)10-6-8-12(9-7-10)16-11-4-2-1-3-5-11/h1-9,16H. The normalized spacial score (nSPS) is 10.4. The topological polar surface area (TPSA) is 51.0 Å². The SMILES string of the molecule is Brc1nnc(-c2ccc(Nc3ccccc3)cc2)o1. The lowest BCUT2D eigenvalue weighted by Gasteiger charge is -2.06. The third-order valence-corrected chi connectivity index (χ3v) is 2.92. The number of nitrogens with zero attached hydrogens (tertiary/aromatic N) is 2. The van der Waals surface area contributed by atoms with Crippen LogP contribution < -0.4 is 5.32 Å². The van der Waals surface area contributed by atoms with E-state index in [2.05, 4.69) is 31.4 Å². The zero-order chi connectivity index (χ0) is 13.1. The first-order valence-corrected chi connectivity index (χ1v) is 6.52. The molecule has 1 aromatic heterocycles. The molecule has 0 aliphatic rings. The predicted octanol–water partition coefficient (Wildman–Crippen LogP) is 4.24. The van der Waals surface area contributed by atoms with E-state index in [1.165, 1.54) is 0 Å². The Hall–Kier alpha value is -2.14. The van der Waals surface area contributed by atoms with E-state index in [0.29, 0.717) is 10.7 Å². The second kappa shape index (κ2) is 5.24. The fraction of sp³-hybridized carbons (Fsp3) is 0. The zero-order valence-electron chi connectivity index (χ0n) is 9.88. The molecule has 1 heterocycles. The first kappa shape index (κ1) is 11.9. The molecule has 3 rings (SSSR count). The molecule has 0 bridgehead atoms. The van der Waals surface area contributed by atoms with Gasteiger partial charge in [-0.15, -0.1) is 10.2 Å². The molecule has 0 spiro atoms. The number of halogens is 1. The summed E-state index contributed by atoms with van der Waals surface area (Å²) in [4.78, 5) is 0.383. The molecule has 0 atom stereocenters. The zero-order valence-corrected chi connectivity index (χ0v) is 11.5. The molecule has 19 heavy (non-hydrogen) atoms. The lowest BCUT2D eigenvalue weighted by molar-refractivity contribution is 0.540. The molecule has 0 aliphatic heterocycles. The number of aromatic nitrogens is 2. The van der Waals surface area contributed by atoms with Gasteiger partial charge in [-0.1, -0.05) is 18.2 Å². The van der Waals surface area contributed by atoms with Crippen molar-refractivity contribution in [2.75, 3.05) is 5.32 Å². The van der Waals surface area contributed by atoms with Crippen LogP contribution in [0.2, 0.25) is 0 Å². The van der Waals surface area contributed by atoms with Crippen LogP contribution in [0.25, 0.3) is 11.5 Å². The van der Waals surface area contributed by atoms with Crippen molar-refractivity contribution in [3.8, 4) is 11.5 Å². The van der Waals surface area contributed by atoms with Gasteiger partial charge in [-0.2, -0.15) is 0 Å². The lowest BCUT2D eigenvalue weighted by atomic mass is 10.2. The summed E-state index contributed by atoms with van der Waals surface area (Å²) in [7, 11) is 0. The Morgan fingerprint density at radius 2 is 1.53 bits per heavy atom. The van der Waals surface area contributed by atoms with Crippen LogP contribution >= 0.6 is 15.9 Å². The van der Waals surface area contributed by atoms with Crippen LogP contribution in [0.5, 0.6) is 0 Å². The molecular formula is C14H10BrN3O. The molecule has 94 valence electrons. The van der Waals surface area contributed by atoms with Gasteiger partial charge >= 0.3 is 0 Å². The molecule has 0 radical (unpaired) electrons. The van der Waals surface area contributed by atoms with Gasteiger partial charge in [0, 0.05) is 32.9 Å². The molecule has 0 unspecified atom stereocenters. The summed E-state index contributed by atoms with van der Waals surface area (Å²) in [6, 6.07) is 17.8. The van der Waals surface area contributed by atoms with Crippen LogP contribution in [0.4, 0.5) is 11.4 Å². The maximum absolute atomic E-state index is 5.30. The third kappa shape index (κ3) is 2.82. The minimum absolute atomic E-state index is 0.383. The second-order valence-corrected chi connectivity index (χ2v) is 4.61. The first-order chi connectivity index (χ1) is 9.31. The van der Waals surface area contributed by atoms with E-state index in [-0.39, 0.29) is 0 Å². The van der Waals surface area contributed by atoms with E-state index in [0.717, 1.165) is 16.9 Å². The van der Waals surface area contributed by atoms with Crippen LogP contribution in [0.3, 0.4) is 0 Å². The Bertz CT molecular complexity index is 665. The van der Waals surface area contributed by atoms with Crippen molar-refractivity contribution in [1.82, 2.24) is 10.2 Å². The monoisotopic (exact) mass is 315 g/mol. The van der Waals surface area contributed by atoms with Crippen LogP contribution in [0.1, 0.15) is 0 Å². The second-order valence-electron chi connectivity index (χ2n) is 3.93. The maximum Gasteiger partial charge on any atom is 0.285 e. The van der Waals surface area contributed by atoms with Crippen molar-refractivity contribution in [3.63, 3.8) is 0 Å². The average Bonchev–Trinajstić information content (AvgIpc) is 2.87. The van der Waals surface area contributed by atoms with Crippen LogP contribution in [-0.4, -0.2) is 10.2 Å². The van der Waals surface area contributed by atoms with Crippen molar-refractivity contribution in [2.24, 2.45) is 0 Å². The highest BCUT2D eigenvalue weighted by Gasteiger charge is 2.06. The summed E-state index contributed by atoms with van der Waals surface area (Å²) in [5, 5.41) is 11.0. The molecule has 0 aliphatic carbocycles. The first-order valence-electron chi connectivity index (χ1n) is 5.73. The molecule has 4 nitrogen and oxygen atoms in total. The number of benzene rings is 2. The van der Waals surface area contributed by atoms with Crippen molar-refractivity contribution in [3.05, 3.63) is 59.4 Å². The van der Waals surface area contributed by atoms with E-state index in [4.69, 9.17) is 4.42 Å². The van der Waals surface area contributed by atoms with Crippen LogP contribution in [-0.2, 0) is 0 Å². The Morgan fingerprint density at radius 3 is 2.16 bits per heavy atom. The van der Waals surface area contributed by atoms with Gasteiger partial charge < -0.3 is 9.73 Å². The number of hydrogen-bond acceptors (Lipinski definition) is 4. The molecule has 2 aromatic carbocycles. The van der Waals surface area contributed by atoms with Crippen LogP contribution in [0.15, 0.2) is 63.8 Å². The predicted molar refractivity (Wildman–Crippen MR) is 77.2 cm³/mol. The number of para-hydroxylation sites is 1. The Balaban J connectivity index is 1.79. The highest BCUT2D eigenvalue weighted by atomic mass is 79.9. The summed E-state index contributed by atoms with van der Waals surface area (Å²) in [5.41, 5.74) is 2.95. The van der Waals surface area contributed by atoms with Gasteiger partial charge in [-0.3, -0.25) is 0 Å². The lowest BCUT2D eigenvalue weighted by Crippen LogP contribution is -1.89. The summed E-state index contributed by atoms with van der Waals surface area (Å²) in [6.45, 7) is 0. The fourth-order valence-electron chi connectivity index (χ4n) is 1.71. The molecule has 0 saturated carbocycles. The molecule has 3 aromatic rings. The maximum atomic E-state index is 5.30. The van der Waals surface area contributed by atoms with Gasteiger partial charge in [0.2, 0.25) is 5.89 Å². The smallest absolute Gasteiger partial charge is 0.285 e. The van der Waals surface area contributed by atoms with E-state index >= 15 is 0 Å². The summed E-state index contributed by atoms with van der Waals surface area (Å²) < 4.78 is 5.30. The number of rotatable bonds is 3. The van der Waals surface area contributed by atoms with E-state index in [1.807, 2.05) is 54.6 Å². The number of nitrogens with one attached hydrogen (secondary N) is 1. The minimum atomic E-state index is 0.383. The average molecular weight is 316 g/mol. The Morgan fingerprint density at radius 1 is 0.842 bits per heavy atom. The highest BCUT2D eigenvalue weighted by Crippen LogP contribution is 2.23. The van der Waals surface area contributed by atoms with Gasteiger partial charge in [0.15, 0.2) is 0 Å². The molecule has 0 amide bonds. The minimum Gasteiger partial charge on any atom is -0.411 e. The van der Waals surface area contributed by atoms with Crippen molar-refractivity contribution in [1.29, 1.82) is 0 Å². The van der Waals surface area contributed by atoms with Gasteiger partial charge in [0.25, 0.3) is 4.80 Å². The Labute approximate surface area is 118 Å². The number of hydrogen-bond donors (Lipinski definition) is 1. The molecule has 5 heteroatoms. The van der Waals surface area contributed by atoms with Gasteiger partial charge in [-0.25, -0.2) is 0 Å². The summed E-state index contributed by atoms with van der Waals surface area (Å²) in [5.74, 6) is 0.498. The van der Waals surface area contributed by atoms with Crippen LogP contribution in [0, 0.1) is 0 Å². The van der Waals surface area contributed by atoms with Crippen molar-refractivity contribution >= 4 is 27.3 Å². The third-order valence-electron chi connectivity index (χ3n) is 2.59. The summed E-state index contributed by atoms with van der Waals surface area (Å²) >= 11 is 3.14. The fourth-order valence-corrected chi connectivity index (χ4v) is 1.94. The largest absolute Gasteiger partial charge is 0.411 e. The van der Waals surface area contributed by atoms with E-state index in [9.17, 15) is 0 Å². The highest BCUT2D eigenvalue weighted by molar-refractivity contribution is 9.10. The molecule has 0 fully saturated rings. The molecular weight excluding hydrogens is 306 g/mol. The Kier molecular flexibility index (Phi) is 3.29. The molecule has 1 N–H and O–H groups in total. The van der Waals surface area contributed by atoms with Gasteiger partial charge in [0.05, 0.1) is 0 Å². The van der Waals surface area contributed by atoms with Gasteiger partial charge in [0.1, 0.15) is 0 Å². The van der Waals surface area contributed by atoms with Gasteiger partial charge in [-0.05, 0) is 36.4 Å². The summed E-state index contributed by atoms with van der Waals surface area (Å²) in [6.07, 6.45) is 0. The van der Waals surface area contributed by atoms with E-state index < -0.39 is 0 Å². The quantitative estimate of drug-likeness (QED) is 0.785. The van der Waals surface area contributed by atoms with Crippen molar-refractivity contribution < 1.29 is 4.42 Å². The van der Waals surface area contributed by atoms with E-state index in [1.54, 1.807) is 0 Å². The van der Waals surface area contributed by atoms with Crippen molar-refractivity contribution in [2.45, 2.75) is 0 Å². The number of anilines is 2. The molecule has 0 saturated heterocycles.